The first-order valence-corrected chi connectivity index (χ1v) is 11.4. The molecule has 0 radical (unpaired) electrons. The second-order valence-corrected chi connectivity index (χ2v) is 8.60. The SMILES string of the molecule is CC(C)OC(=O)CCC/C=C\C[C@H]1CC[C@@H](O)[C@@H]1/C=C/[C@@H](O)CCc1ccccc1. The summed E-state index contributed by atoms with van der Waals surface area (Å²) in [6.07, 6.45) is 13.7. The molecule has 1 aliphatic rings. The molecular weight excluding hydrogens is 376 g/mol. The summed E-state index contributed by atoms with van der Waals surface area (Å²) in [7, 11) is 0. The molecule has 1 aromatic carbocycles. The summed E-state index contributed by atoms with van der Waals surface area (Å²) in [6.45, 7) is 3.72. The Morgan fingerprint density at radius 1 is 1.20 bits per heavy atom. The second-order valence-electron chi connectivity index (χ2n) is 8.60. The molecule has 0 amide bonds. The van der Waals surface area contributed by atoms with Crippen molar-refractivity contribution < 1.29 is 19.7 Å². The lowest BCUT2D eigenvalue weighted by molar-refractivity contribution is -0.147. The number of aryl methyl sites for hydroxylation is 1. The van der Waals surface area contributed by atoms with Gasteiger partial charge in [-0.15, -0.1) is 0 Å². The van der Waals surface area contributed by atoms with Crippen LogP contribution in [-0.2, 0) is 16.0 Å². The summed E-state index contributed by atoms with van der Waals surface area (Å²) in [5, 5.41) is 20.6. The van der Waals surface area contributed by atoms with Crippen molar-refractivity contribution in [1.82, 2.24) is 0 Å². The molecule has 2 rings (SSSR count). The number of aliphatic hydroxyl groups is 2. The molecule has 1 aromatic rings. The molecule has 30 heavy (non-hydrogen) atoms. The van der Waals surface area contributed by atoms with Gasteiger partial charge in [0.25, 0.3) is 0 Å². The first-order valence-electron chi connectivity index (χ1n) is 11.4. The molecule has 1 aliphatic carbocycles. The van der Waals surface area contributed by atoms with Gasteiger partial charge in [-0.2, -0.15) is 0 Å². The second kappa shape index (κ2) is 13.4. The maximum atomic E-state index is 11.5. The number of hydrogen-bond acceptors (Lipinski definition) is 4. The van der Waals surface area contributed by atoms with Gasteiger partial charge in [0.2, 0.25) is 0 Å². The third kappa shape index (κ3) is 9.27. The fraction of sp³-hybridized carbons (Fsp3) is 0.577. The Kier molecular flexibility index (Phi) is 10.9. The monoisotopic (exact) mass is 414 g/mol. The van der Waals surface area contributed by atoms with Crippen molar-refractivity contribution in [1.29, 1.82) is 0 Å². The Bertz CT molecular complexity index is 665. The number of carbonyl (C=O) groups is 1. The third-order valence-corrected chi connectivity index (χ3v) is 5.67. The fourth-order valence-electron chi connectivity index (χ4n) is 4.03. The van der Waals surface area contributed by atoms with E-state index in [4.69, 9.17) is 4.74 Å². The molecule has 166 valence electrons. The van der Waals surface area contributed by atoms with Crippen LogP contribution >= 0.6 is 0 Å². The van der Waals surface area contributed by atoms with Crippen LogP contribution in [-0.4, -0.2) is 34.5 Å². The first-order chi connectivity index (χ1) is 14.5. The molecule has 1 saturated carbocycles. The van der Waals surface area contributed by atoms with E-state index < -0.39 is 6.10 Å². The zero-order chi connectivity index (χ0) is 21.8. The van der Waals surface area contributed by atoms with E-state index in [1.807, 2.05) is 44.2 Å². The number of aliphatic hydroxyl groups excluding tert-OH is 2. The lowest BCUT2D eigenvalue weighted by Crippen LogP contribution is -2.17. The summed E-state index contributed by atoms with van der Waals surface area (Å²) in [5.74, 6) is 0.370. The van der Waals surface area contributed by atoms with Gasteiger partial charge in [-0.05, 0) is 70.3 Å². The van der Waals surface area contributed by atoms with Crippen LogP contribution in [0.25, 0.3) is 0 Å². The highest BCUT2D eigenvalue weighted by atomic mass is 16.5. The fourth-order valence-corrected chi connectivity index (χ4v) is 4.03. The minimum Gasteiger partial charge on any atom is -0.463 e. The molecular formula is C26H38O4. The lowest BCUT2D eigenvalue weighted by Gasteiger charge is -2.18. The van der Waals surface area contributed by atoms with Crippen LogP contribution in [0, 0.1) is 11.8 Å². The van der Waals surface area contributed by atoms with Gasteiger partial charge in [-0.3, -0.25) is 4.79 Å². The summed E-state index contributed by atoms with van der Waals surface area (Å²) in [4.78, 5) is 11.5. The summed E-state index contributed by atoms with van der Waals surface area (Å²) >= 11 is 0. The first kappa shape index (κ1) is 24.4. The molecule has 4 heteroatoms. The van der Waals surface area contributed by atoms with Crippen molar-refractivity contribution in [2.24, 2.45) is 11.8 Å². The van der Waals surface area contributed by atoms with Gasteiger partial charge in [-0.25, -0.2) is 0 Å². The average molecular weight is 415 g/mol. The van der Waals surface area contributed by atoms with Crippen molar-refractivity contribution in [3.8, 4) is 0 Å². The average Bonchev–Trinajstić information content (AvgIpc) is 3.07. The molecule has 0 aliphatic heterocycles. The predicted octanol–water partition coefficient (Wildman–Crippen LogP) is 4.99. The molecule has 4 atom stereocenters. The van der Waals surface area contributed by atoms with Crippen LogP contribution in [0.5, 0.6) is 0 Å². The van der Waals surface area contributed by atoms with Crippen molar-refractivity contribution in [2.45, 2.75) is 83.5 Å². The van der Waals surface area contributed by atoms with Gasteiger partial charge in [0.15, 0.2) is 0 Å². The highest BCUT2D eigenvalue weighted by Crippen LogP contribution is 2.36. The summed E-state index contributed by atoms with van der Waals surface area (Å²) in [6, 6.07) is 10.2. The highest BCUT2D eigenvalue weighted by Gasteiger charge is 2.32. The van der Waals surface area contributed by atoms with Crippen LogP contribution in [0.15, 0.2) is 54.6 Å². The number of hydrogen-bond donors (Lipinski definition) is 2. The largest absolute Gasteiger partial charge is 0.463 e. The number of allylic oxidation sites excluding steroid dienone is 2. The van der Waals surface area contributed by atoms with Crippen molar-refractivity contribution >= 4 is 5.97 Å². The Morgan fingerprint density at radius 3 is 2.70 bits per heavy atom. The zero-order valence-electron chi connectivity index (χ0n) is 18.5. The Balaban J connectivity index is 1.70. The predicted molar refractivity (Wildman–Crippen MR) is 121 cm³/mol. The van der Waals surface area contributed by atoms with Crippen LogP contribution < -0.4 is 0 Å². The number of esters is 1. The van der Waals surface area contributed by atoms with E-state index in [1.54, 1.807) is 0 Å². The Hall–Kier alpha value is -1.91. The van der Waals surface area contributed by atoms with Gasteiger partial charge >= 0.3 is 5.97 Å². The molecule has 0 unspecified atom stereocenters. The quantitative estimate of drug-likeness (QED) is 0.287. The number of unbranched alkanes of at least 4 members (excludes halogenated alkanes) is 1. The number of ether oxygens (including phenoxy) is 1. The van der Waals surface area contributed by atoms with Crippen molar-refractivity contribution in [2.75, 3.05) is 0 Å². The number of benzene rings is 1. The maximum Gasteiger partial charge on any atom is 0.306 e. The molecule has 0 heterocycles. The minimum absolute atomic E-state index is 0.0521. The van der Waals surface area contributed by atoms with Crippen LogP contribution in [0.4, 0.5) is 0 Å². The van der Waals surface area contributed by atoms with E-state index in [2.05, 4.69) is 24.3 Å². The van der Waals surface area contributed by atoms with Gasteiger partial charge < -0.3 is 14.9 Å². The topological polar surface area (TPSA) is 66.8 Å². The molecule has 0 aromatic heterocycles. The lowest BCUT2D eigenvalue weighted by atomic mass is 9.90. The van der Waals surface area contributed by atoms with Crippen molar-refractivity contribution in [3.05, 3.63) is 60.2 Å². The minimum atomic E-state index is -0.486. The van der Waals surface area contributed by atoms with Crippen LogP contribution in [0.1, 0.15) is 64.4 Å². The Labute approximate surface area is 181 Å². The zero-order valence-corrected chi connectivity index (χ0v) is 18.5. The molecule has 0 bridgehead atoms. The summed E-state index contributed by atoms with van der Waals surface area (Å²) in [5.41, 5.74) is 1.23. The standard InChI is InChI=1S/C26H38O4/c1-20(2)30-26(29)13-9-4-3-8-12-22-15-19-25(28)24(22)18-17-23(27)16-14-21-10-6-5-7-11-21/h3,5-8,10-11,17-18,20,22-25,27-28H,4,9,12-16,19H2,1-2H3/b8-3-,18-17+/t22-,23-,24+,25+/m0/s1. The smallest absolute Gasteiger partial charge is 0.306 e. The number of rotatable bonds is 12. The molecule has 2 N–H and O–H groups in total. The van der Waals surface area contributed by atoms with E-state index >= 15 is 0 Å². The van der Waals surface area contributed by atoms with Gasteiger partial charge in [0.1, 0.15) is 0 Å². The van der Waals surface area contributed by atoms with E-state index in [0.29, 0.717) is 18.8 Å². The van der Waals surface area contributed by atoms with Gasteiger partial charge in [-0.1, -0.05) is 54.6 Å². The molecule has 4 nitrogen and oxygen atoms in total. The molecule has 1 fully saturated rings. The van der Waals surface area contributed by atoms with E-state index in [9.17, 15) is 15.0 Å². The third-order valence-electron chi connectivity index (χ3n) is 5.67. The summed E-state index contributed by atoms with van der Waals surface area (Å²) < 4.78 is 5.13. The van der Waals surface area contributed by atoms with E-state index in [0.717, 1.165) is 38.5 Å². The number of carbonyl (C=O) groups excluding carboxylic acids is 1. The normalized spacial score (nSPS) is 22.9. The molecule has 0 saturated heterocycles. The van der Waals surface area contributed by atoms with Gasteiger partial charge in [0, 0.05) is 12.3 Å². The van der Waals surface area contributed by atoms with E-state index in [1.165, 1.54) is 5.56 Å². The maximum absolute atomic E-state index is 11.5. The van der Waals surface area contributed by atoms with Crippen LogP contribution in [0.3, 0.4) is 0 Å². The Morgan fingerprint density at radius 2 is 1.97 bits per heavy atom. The highest BCUT2D eigenvalue weighted by molar-refractivity contribution is 5.69. The van der Waals surface area contributed by atoms with Crippen LogP contribution in [0.2, 0.25) is 0 Å². The van der Waals surface area contributed by atoms with E-state index in [-0.39, 0.29) is 24.1 Å². The van der Waals surface area contributed by atoms with Crippen molar-refractivity contribution in [3.63, 3.8) is 0 Å². The van der Waals surface area contributed by atoms with Gasteiger partial charge in [0.05, 0.1) is 18.3 Å². The molecule has 0 spiro atoms.